The predicted molar refractivity (Wildman–Crippen MR) is 84.0 cm³/mol. The van der Waals surface area contributed by atoms with Crippen LogP contribution in [0.4, 0.5) is 11.5 Å². The highest BCUT2D eigenvalue weighted by Crippen LogP contribution is 2.36. The van der Waals surface area contributed by atoms with E-state index in [0.717, 1.165) is 15.8 Å². The van der Waals surface area contributed by atoms with Gasteiger partial charge in [0.15, 0.2) is 5.82 Å². The van der Waals surface area contributed by atoms with Gasteiger partial charge in [0.25, 0.3) is 5.91 Å². The Morgan fingerprint density at radius 3 is 2.90 bits per heavy atom. The number of hydrogen-bond donors (Lipinski definition) is 2. The molecule has 0 atom stereocenters. The van der Waals surface area contributed by atoms with Crippen molar-refractivity contribution in [3.8, 4) is 5.75 Å². The summed E-state index contributed by atoms with van der Waals surface area (Å²) in [6.45, 7) is 0. The summed E-state index contributed by atoms with van der Waals surface area (Å²) < 4.78 is 7.72. The molecule has 0 spiro atoms. The molecular weight excluding hydrogens is 288 g/mol. The van der Waals surface area contributed by atoms with Crippen LogP contribution in [-0.4, -0.2) is 22.8 Å². The zero-order valence-corrected chi connectivity index (χ0v) is 12.4. The highest BCUT2D eigenvalue weighted by Gasteiger charge is 2.17. The van der Waals surface area contributed by atoms with Crippen LogP contribution in [0.3, 0.4) is 0 Å². The van der Waals surface area contributed by atoms with Gasteiger partial charge in [0.2, 0.25) is 0 Å². The second kappa shape index (κ2) is 5.10. The summed E-state index contributed by atoms with van der Waals surface area (Å²) in [5.41, 5.74) is 6.55. The molecule has 3 aromatic rings. The van der Waals surface area contributed by atoms with Crippen molar-refractivity contribution in [2.75, 3.05) is 18.2 Å². The van der Waals surface area contributed by atoms with Gasteiger partial charge in [-0.15, -0.1) is 11.3 Å². The average Bonchev–Trinajstić information content (AvgIpc) is 3.02. The van der Waals surface area contributed by atoms with Gasteiger partial charge >= 0.3 is 0 Å². The quantitative estimate of drug-likeness (QED) is 0.778. The largest absolute Gasteiger partial charge is 0.497 e. The number of carbonyl (C=O) groups is 1. The van der Waals surface area contributed by atoms with E-state index in [9.17, 15) is 4.79 Å². The minimum atomic E-state index is -0.258. The molecule has 0 saturated heterocycles. The minimum absolute atomic E-state index is 0.258. The molecule has 6 nitrogen and oxygen atoms in total. The second-order valence-electron chi connectivity index (χ2n) is 4.54. The summed E-state index contributed by atoms with van der Waals surface area (Å²) in [4.78, 5) is 12.8. The van der Waals surface area contributed by atoms with Crippen molar-refractivity contribution in [3.63, 3.8) is 0 Å². The third-order valence-corrected chi connectivity index (χ3v) is 4.26. The summed E-state index contributed by atoms with van der Waals surface area (Å²) in [7, 11) is 3.39. The topological polar surface area (TPSA) is 82.2 Å². The fourth-order valence-corrected chi connectivity index (χ4v) is 3.09. The van der Waals surface area contributed by atoms with Crippen LogP contribution in [0.25, 0.3) is 10.1 Å². The molecule has 21 heavy (non-hydrogen) atoms. The minimum Gasteiger partial charge on any atom is -0.497 e. The number of carbonyl (C=O) groups excluding carboxylic acids is 1. The highest BCUT2D eigenvalue weighted by atomic mass is 32.1. The molecular formula is C14H14N4O2S. The van der Waals surface area contributed by atoms with Crippen molar-refractivity contribution in [1.29, 1.82) is 0 Å². The number of rotatable bonds is 3. The molecule has 0 saturated carbocycles. The van der Waals surface area contributed by atoms with Gasteiger partial charge in [0.1, 0.15) is 10.6 Å². The van der Waals surface area contributed by atoms with Crippen molar-refractivity contribution in [2.24, 2.45) is 7.05 Å². The number of nitrogens with two attached hydrogens (primary N) is 1. The number of fused-ring (bicyclic) bond motifs is 1. The van der Waals surface area contributed by atoms with Gasteiger partial charge in [0, 0.05) is 29.4 Å². The lowest BCUT2D eigenvalue weighted by Gasteiger charge is -2.00. The second-order valence-corrected chi connectivity index (χ2v) is 5.59. The van der Waals surface area contributed by atoms with Crippen LogP contribution < -0.4 is 15.8 Å². The maximum absolute atomic E-state index is 12.3. The molecule has 0 radical (unpaired) electrons. The molecule has 0 bridgehead atoms. The van der Waals surface area contributed by atoms with Crippen molar-refractivity contribution in [3.05, 3.63) is 35.3 Å². The summed E-state index contributed by atoms with van der Waals surface area (Å²) in [5, 5.41) is 7.71. The lowest BCUT2D eigenvalue weighted by molar-refractivity contribution is 0.103. The summed E-state index contributed by atoms with van der Waals surface area (Å²) in [6, 6.07) is 7.28. The first-order chi connectivity index (χ1) is 10.1. The molecule has 108 valence electrons. The molecule has 3 rings (SSSR count). The van der Waals surface area contributed by atoms with Crippen molar-refractivity contribution in [1.82, 2.24) is 9.78 Å². The first kappa shape index (κ1) is 13.4. The number of nitrogens with one attached hydrogen (secondary N) is 1. The first-order valence-electron chi connectivity index (χ1n) is 6.25. The Labute approximate surface area is 125 Å². The number of anilines is 2. The molecule has 0 fully saturated rings. The normalized spacial score (nSPS) is 10.8. The number of aryl methyl sites for hydroxylation is 1. The van der Waals surface area contributed by atoms with Crippen LogP contribution in [0.5, 0.6) is 5.75 Å². The fourth-order valence-electron chi connectivity index (χ4n) is 2.05. The van der Waals surface area contributed by atoms with Crippen LogP contribution in [0.1, 0.15) is 9.67 Å². The van der Waals surface area contributed by atoms with E-state index < -0.39 is 0 Å². The van der Waals surface area contributed by atoms with Gasteiger partial charge in [-0.25, -0.2) is 0 Å². The third kappa shape index (κ3) is 2.43. The molecule has 0 unspecified atom stereocenters. The number of methoxy groups -OCH3 is 1. The molecule has 2 aromatic heterocycles. The number of thiophene rings is 1. The zero-order chi connectivity index (χ0) is 15.0. The van der Waals surface area contributed by atoms with E-state index in [4.69, 9.17) is 10.5 Å². The van der Waals surface area contributed by atoms with Gasteiger partial charge in [-0.3, -0.25) is 9.48 Å². The molecule has 0 aliphatic carbocycles. The van der Waals surface area contributed by atoms with Gasteiger partial charge < -0.3 is 15.8 Å². The van der Waals surface area contributed by atoms with Gasteiger partial charge in [-0.05, 0) is 18.2 Å². The number of aromatic nitrogens is 2. The van der Waals surface area contributed by atoms with E-state index in [0.29, 0.717) is 16.4 Å². The standard InChI is InChI=1S/C14H14N4O2S/c1-18-6-5-11(17-18)16-14(19)13-12(15)9-4-3-8(20-2)7-10(9)21-13/h3-7H,15H2,1-2H3,(H,16,17,19). The Balaban J connectivity index is 1.96. The van der Waals surface area contributed by atoms with E-state index in [1.165, 1.54) is 11.3 Å². The molecule has 2 heterocycles. The van der Waals surface area contributed by atoms with Crippen LogP contribution in [-0.2, 0) is 7.05 Å². The van der Waals surface area contributed by atoms with Gasteiger partial charge in [-0.1, -0.05) is 0 Å². The number of nitrogens with zero attached hydrogens (tertiary/aromatic N) is 2. The molecule has 3 N–H and O–H groups in total. The number of hydrogen-bond acceptors (Lipinski definition) is 5. The summed E-state index contributed by atoms with van der Waals surface area (Å²) in [6.07, 6.45) is 1.76. The lowest BCUT2D eigenvalue weighted by Crippen LogP contribution is -2.12. The number of nitrogen functional groups attached to an aromatic ring is 1. The summed E-state index contributed by atoms with van der Waals surface area (Å²) >= 11 is 1.34. The van der Waals surface area contributed by atoms with Crippen LogP contribution in [0, 0.1) is 0 Å². The zero-order valence-electron chi connectivity index (χ0n) is 11.6. The Kier molecular flexibility index (Phi) is 3.26. The maximum atomic E-state index is 12.3. The Bertz CT molecular complexity index is 822. The first-order valence-corrected chi connectivity index (χ1v) is 7.07. The van der Waals surface area contributed by atoms with E-state index in [2.05, 4.69) is 10.4 Å². The maximum Gasteiger partial charge on any atom is 0.269 e. The van der Waals surface area contributed by atoms with E-state index in [-0.39, 0.29) is 5.91 Å². The number of amides is 1. The van der Waals surface area contributed by atoms with Crippen molar-refractivity contribution in [2.45, 2.75) is 0 Å². The summed E-state index contributed by atoms with van der Waals surface area (Å²) in [5.74, 6) is 0.976. The van der Waals surface area contributed by atoms with Crippen molar-refractivity contribution < 1.29 is 9.53 Å². The Morgan fingerprint density at radius 1 is 1.43 bits per heavy atom. The number of benzene rings is 1. The Hall–Kier alpha value is -2.54. The Morgan fingerprint density at radius 2 is 2.24 bits per heavy atom. The monoisotopic (exact) mass is 302 g/mol. The molecule has 7 heteroatoms. The number of ether oxygens (including phenoxy) is 1. The van der Waals surface area contributed by atoms with E-state index in [1.54, 1.807) is 31.1 Å². The van der Waals surface area contributed by atoms with Crippen molar-refractivity contribution >= 4 is 38.8 Å². The van der Waals surface area contributed by atoms with Crippen LogP contribution >= 0.6 is 11.3 Å². The molecule has 1 aromatic carbocycles. The fraction of sp³-hybridized carbons (Fsp3) is 0.143. The third-order valence-electron chi connectivity index (χ3n) is 3.10. The van der Waals surface area contributed by atoms with E-state index >= 15 is 0 Å². The smallest absolute Gasteiger partial charge is 0.269 e. The van der Waals surface area contributed by atoms with Crippen LogP contribution in [0.15, 0.2) is 30.5 Å². The average molecular weight is 302 g/mol. The van der Waals surface area contributed by atoms with Gasteiger partial charge in [0.05, 0.1) is 12.8 Å². The van der Waals surface area contributed by atoms with Crippen LogP contribution in [0.2, 0.25) is 0 Å². The predicted octanol–water partition coefficient (Wildman–Crippen LogP) is 2.48. The molecule has 0 aliphatic heterocycles. The van der Waals surface area contributed by atoms with Gasteiger partial charge in [-0.2, -0.15) is 5.10 Å². The highest BCUT2D eigenvalue weighted by molar-refractivity contribution is 7.21. The van der Waals surface area contributed by atoms with E-state index in [1.807, 2.05) is 18.2 Å². The lowest BCUT2D eigenvalue weighted by atomic mass is 10.2. The SMILES string of the molecule is COc1ccc2c(N)c(C(=O)Nc3ccn(C)n3)sc2c1. The molecule has 1 amide bonds. The molecule has 0 aliphatic rings.